The molecule has 1 saturated carbocycles. The Kier molecular flexibility index (Phi) is 5.45. The van der Waals surface area contributed by atoms with E-state index in [1.165, 1.54) is 24.2 Å². The van der Waals surface area contributed by atoms with Crippen molar-refractivity contribution in [2.24, 2.45) is 5.92 Å². The van der Waals surface area contributed by atoms with Crippen molar-refractivity contribution in [1.82, 2.24) is 10.3 Å². The fourth-order valence-corrected chi connectivity index (χ4v) is 4.28. The Balaban J connectivity index is 1.37. The quantitative estimate of drug-likeness (QED) is 0.805. The molecule has 2 fully saturated rings. The predicted molar refractivity (Wildman–Crippen MR) is 106 cm³/mol. The number of aromatic nitrogens is 1. The van der Waals surface area contributed by atoms with Crippen molar-refractivity contribution in [3.63, 3.8) is 0 Å². The predicted octanol–water partition coefficient (Wildman–Crippen LogP) is 4.28. The molecular formula is C21H26N2O3S. The molecule has 1 aromatic carbocycles. The molecule has 4 rings (SSSR count). The van der Waals surface area contributed by atoms with E-state index in [4.69, 9.17) is 9.47 Å². The molecule has 2 atom stereocenters. The highest BCUT2D eigenvalue weighted by Gasteiger charge is 2.36. The van der Waals surface area contributed by atoms with Crippen molar-refractivity contribution in [1.29, 1.82) is 0 Å². The van der Waals surface area contributed by atoms with E-state index in [2.05, 4.69) is 10.3 Å². The molecule has 1 aliphatic carbocycles. The van der Waals surface area contributed by atoms with Gasteiger partial charge in [0.25, 0.3) is 5.91 Å². The highest BCUT2D eigenvalue weighted by Crippen LogP contribution is 2.38. The number of ether oxygens (including phenoxy) is 2. The largest absolute Gasteiger partial charge is 0.491 e. The highest BCUT2D eigenvalue weighted by atomic mass is 32.1. The van der Waals surface area contributed by atoms with Crippen LogP contribution in [-0.2, 0) is 4.74 Å². The Morgan fingerprint density at radius 3 is 2.74 bits per heavy atom. The third kappa shape index (κ3) is 4.68. The summed E-state index contributed by atoms with van der Waals surface area (Å²) in [5, 5.41) is 5.83. The normalized spacial score (nSPS) is 22.6. The first-order valence-electron chi connectivity index (χ1n) is 9.73. The fraction of sp³-hybridized carbons (Fsp3) is 0.524. The number of amides is 1. The fourth-order valence-electron chi connectivity index (χ4n) is 3.47. The van der Waals surface area contributed by atoms with Crippen LogP contribution in [0.1, 0.15) is 50.0 Å². The Hall–Kier alpha value is -1.92. The van der Waals surface area contributed by atoms with Crippen molar-refractivity contribution >= 4 is 17.2 Å². The highest BCUT2D eigenvalue weighted by molar-refractivity contribution is 7.13. The number of nitrogens with zero attached hydrogens (tertiary/aromatic N) is 1. The van der Waals surface area contributed by atoms with Gasteiger partial charge in [-0.3, -0.25) is 4.79 Å². The van der Waals surface area contributed by atoms with Crippen molar-refractivity contribution < 1.29 is 14.3 Å². The molecule has 1 aliphatic heterocycles. The Labute approximate surface area is 164 Å². The first-order valence-corrected chi connectivity index (χ1v) is 10.6. The summed E-state index contributed by atoms with van der Waals surface area (Å²) in [4.78, 5) is 17.1. The molecule has 27 heavy (non-hydrogen) atoms. The van der Waals surface area contributed by atoms with E-state index in [1.54, 1.807) is 0 Å². The van der Waals surface area contributed by atoms with Gasteiger partial charge in [0.1, 0.15) is 16.5 Å². The zero-order valence-electron chi connectivity index (χ0n) is 15.8. The maximum Gasteiger partial charge on any atom is 0.270 e. The van der Waals surface area contributed by atoms with Gasteiger partial charge in [0, 0.05) is 23.6 Å². The van der Waals surface area contributed by atoms with E-state index in [0.29, 0.717) is 17.7 Å². The molecule has 1 aromatic heterocycles. The molecule has 0 unspecified atom stereocenters. The van der Waals surface area contributed by atoms with Gasteiger partial charge < -0.3 is 14.8 Å². The molecule has 0 bridgehead atoms. The van der Waals surface area contributed by atoms with E-state index in [9.17, 15) is 4.79 Å². The lowest BCUT2D eigenvalue weighted by molar-refractivity contribution is -0.0102. The second-order valence-corrected chi connectivity index (χ2v) is 8.53. The molecule has 1 N–H and O–H groups in total. The van der Waals surface area contributed by atoms with Gasteiger partial charge in [-0.2, -0.15) is 0 Å². The average molecular weight is 387 g/mol. The van der Waals surface area contributed by atoms with Gasteiger partial charge in [-0.05, 0) is 69.7 Å². The van der Waals surface area contributed by atoms with Crippen molar-refractivity contribution in [2.45, 2.75) is 57.8 Å². The van der Waals surface area contributed by atoms with Crippen LogP contribution in [0.5, 0.6) is 5.75 Å². The molecule has 2 heterocycles. The van der Waals surface area contributed by atoms with Gasteiger partial charge in [-0.15, -0.1) is 11.3 Å². The lowest BCUT2D eigenvalue weighted by Gasteiger charge is -2.30. The maximum absolute atomic E-state index is 12.6. The van der Waals surface area contributed by atoms with Gasteiger partial charge in [0.15, 0.2) is 0 Å². The molecule has 0 spiro atoms. The van der Waals surface area contributed by atoms with E-state index >= 15 is 0 Å². The smallest absolute Gasteiger partial charge is 0.270 e. The number of rotatable bonds is 6. The molecule has 2 aromatic rings. The van der Waals surface area contributed by atoms with E-state index in [1.807, 2.05) is 43.5 Å². The van der Waals surface area contributed by atoms with Crippen molar-refractivity contribution in [3.8, 4) is 16.3 Å². The standard InChI is InChI=1S/C21H26N2O3S/c1-13(2)26-17-7-5-15(6-8-17)21-23-18(12-27-21)20(24)22-16-9-10-25-19(11-16)14-3-4-14/h5-8,12-14,16,19H,3-4,9-11H2,1-2H3,(H,22,24)/t16-,19-/m1/s1. The SMILES string of the molecule is CC(C)Oc1ccc(-c2nc(C(=O)N[C@@H]3CCO[C@@H](C4CC4)C3)cs2)cc1. The van der Waals surface area contributed by atoms with Crippen LogP contribution in [0.3, 0.4) is 0 Å². The molecule has 0 radical (unpaired) electrons. The minimum absolute atomic E-state index is 0.0845. The van der Waals surface area contributed by atoms with Crippen LogP contribution in [0.25, 0.3) is 10.6 Å². The molecule has 2 aliphatic rings. The minimum atomic E-state index is -0.0845. The summed E-state index contributed by atoms with van der Waals surface area (Å²) in [5.74, 6) is 1.46. The van der Waals surface area contributed by atoms with E-state index in [0.717, 1.165) is 35.8 Å². The number of carbonyl (C=O) groups is 1. The summed E-state index contributed by atoms with van der Waals surface area (Å²) in [5.41, 5.74) is 1.49. The number of hydrogen-bond acceptors (Lipinski definition) is 5. The van der Waals surface area contributed by atoms with Crippen LogP contribution in [0.2, 0.25) is 0 Å². The number of carbonyl (C=O) groups excluding carboxylic acids is 1. The molecule has 1 amide bonds. The van der Waals surface area contributed by atoms with Gasteiger partial charge in [0.2, 0.25) is 0 Å². The third-order valence-corrected chi connectivity index (χ3v) is 5.90. The lowest BCUT2D eigenvalue weighted by atomic mass is 10.00. The van der Waals surface area contributed by atoms with Crippen LogP contribution in [0.15, 0.2) is 29.6 Å². The lowest BCUT2D eigenvalue weighted by Crippen LogP contribution is -2.42. The molecule has 144 valence electrons. The number of benzene rings is 1. The first-order chi connectivity index (χ1) is 13.1. The summed E-state index contributed by atoms with van der Waals surface area (Å²) in [6.45, 7) is 4.75. The van der Waals surface area contributed by atoms with Crippen LogP contribution >= 0.6 is 11.3 Å². The minimum Gasteiger partial charge on any atom is -0.491 e. The Morgan fingerprint density at radius 2 is 2.04 bits per heavy atom. The number of thiazole rings is 1. The zero-order chi connectivity index (χ0) is 18.8. The molecule has 5 nitrogen and oxygen atoms in total. The van der Waals surface area contributed by atoms with Gasteiger partial charge in [-0.1, -0.05) is 0 Å². The third-order valence-electron chi connectivity index (χ3n) is 5.01. The summed E-state index contributed by atoms with van der Waals surface area (Å²) >= 11 is 1.49. The molecule has 1 saturated heterocycles. The Morgan fingerprint density at radius 1 is 1.26 bits per heavy atom. The van der Waals surface area contributed by atoms with Crippen molar-refractivity contribution in [3.05, 3.63) is 35.3 Å². The summed E-state index contributed by atoms with van der Waals surface area (Å²) < 4.78 is 11.5. The van der Waals surface area contributed by atoms with Crippen LogP contribution < -0.4 is 10.1 Å². The summed E-state index contributed by atoms with van der Waals surface area (Å²) in [6.07, 6.45) is 4.80. The van der Waals surface area contributed by atoms with Crippen LogP contribution in [0, 0.1) is 5.92 Å². The zero-order valence-corrected chi connectivity index (χ0v) is 16.6. The van der Waals surface area contributed by atoms with E-state index < -0.39 is 0 Å². The summed E-state index contributed by atoms with van der Waals surface area (Å²) in [6, 6.07) is 8.04. The van der Waals surface area contributed by atoms with Gasteiger partial charge in [-0.25, -0.2) is 4.98 Å². The number of nitrogens with one attached hydrogen (secondary N) is 1. The van der Waals surface area contributed by atoms with Crippen molar-refractivity contribution in [2.75, 3.05) is 6.61 Å². The maximum atomic E-state index is 12.6. The number of hydrogen-bond donors (Lipinski definition) is 1. The molecular weight excluding hydrogens is 360 g/mol. The monoisotopic (exact) mass is 386 g/mol. The topological polar surface area (TPSA) is 60.5 Å². The van der Waals surface area contributed by atoms with Gasteiger partial charge >= 0.3 is 0 Å². The molecule has 6 heteroatoms. The Bertz CT molecular complexity index is 783. The van der Waals surface area contributed by atoms with Gasteiger partial charge in [0.05, 0.1) is 12.2 Å². The van der Waals surface area contributed by atoms with Crippen LogP contribution in [0.4, 0.5) is 0 Å². The van der Waals surface area contributed by atoms with E-state index in [-0.39, 0.29) is 18.1 Å². The summed E-state index contributed by atoms with van der Waals surface area (Å²) in [7, 11) is 0. The second-order valence-electron chi connectivity index (χ2n) is 7.67. The van der Waals surface area contributed by atoms with Crippen LogP contribution in [-0.4, -0.2) is 35.7 Å². The second kappa shape index (κ2) is 7.98. The average Bonchev–Trinajstić information content (AvgIpc) is 3.39. The first kappa shape index (κ1) is 18.4.